The molecule has 0 aliphatic carbocycles. The number of hydrogen-bond donors (Lipinski definition) is 0. The lowest BCUT2D eigenvalue weighted by Crippen LogP contribution is -2.10. The fourth-order valence-electron chi connectivity index (χ4n) is 3.48. The zero-order chi connectivity index (χ0) is 22.4. The van der Waals surface area contributed by atoms with Gasteiger partial charge in [0, 0.05) is 35.2 Å². The highest BCUT2D eigenvalue weighted by Crippen LogP contribution is 2.37. The number of halogens is 3. The molecule has 0 atom stereocenters. The number of fused-ring (bicyclic) bond motifs is 1. The molecule has 0 N–H and O–H groups in total. The van der Waals surface area contributed by atoms with Gasteiger partial charge >= 0.3 is 6.18 Å². The Kier molecular flexibility index (Phi) is 5.00. The van der Waals surface area contributed by atoms with Crippen LogP contribution < -0.4 is 4.74 Å². The first-order chi connectivity index (χ1) is 14.6. The molecule has 0 radical (unpaired) electrons. The van der Waals surface area contributed by atoms with Gasteiger partial charge in [-0.2, -0.15) is 13.2 Å². The summed E-state index contributed by atoms with van der Waals surface area (Å²) in [5, 5.41) is 0. The van der Waals surface area contributed by atoms with Crippen LogP contribution in [0.3, 0.4) is 0 Å². The van der Waals surface area contributed by atoms with E-state index >= 15 is 0 Å². The van der Waals surface area contributed by atoms with Crippen molar-refractivity contribution >= 4 is 5.65 Å². The second kappa shape index (κ2) is 7.41. The lowest BCUT2D eigenvalue weighted by molar-refractivity contribution is -0.136. The largest absolute Gasteiger partial charge is 0.481 e. The number of hydrogen-bond acceptors (Lipinski definition) is 3. The Hall–Kier alpha value is -3.35. The van der Waals surface area contributed by atoms with E-state index in [1.165, 1.54) is 23.9 Å². The van der Waals surface area contributed by atoms with E-state index in [1.54, 1.807) is 18.3 Å². The van der Waals surface area contributed by atoms with Crippen LogP contribution in [0.15, 0.2) is 61.1 Å². The Morgan fingerprint density at radius 3 is 2.06 bits per heavy atom. The minimum Gasteiger partial charge on any atom is -0.481 e. The predicted octanol–water partition coefficient (Wildman–Crippen LogP) is 6.39. The first-order valence-corrected chi connectivity index (χ1v) is 9.77. The van der Waals surface area contributed by atoms with Crippen molar-refractivity contribution in [3.05, 3.63) is 72.2 Å². The number of pyridine rings is 2. The summed E-state index contributed by atoms with van der Waals surface area (Å²) in [4.78, 5) is 8.22. The molecule has 0 fully saturated rings. The van der Waals surface area contributed by atoms with Crippen LogP contribution in [0.1, 0.15) is 31.9 Å². The van der Waals surface area contributed by atoms with E-state index in [0.29, 0.717) is 22.7 Å². The maximum absolute atomic E-state index is 13.8. The van der Waals surface area contributed by atoms with Crippen LogP contribution in [-0.4, -0.2) is 21.5 Å². The van der Waals surface area contributed by atoms with E-state index in [9.17, 15) is 13.2 Å². The number of alkyl halides is 3. The SMILES string of the molecule is COc1ccc(-c2cc(C(F)(F)F)c3ncc(-c4ccc(C(C)(C)C)cc4)n3c2)cn1. The second-order valence-electron chi connectivity index (χ2n) is 8.39. The average Bonchev–Trinajstić information content (AvgIpc) is 3.15. The van der Waals surface area contributed by atoms with Crippen molar-refractivity contribution in [3.63, 3.8) is 0 Å². The van der Waals surface area contributed by atoms with Crippen molar-refractivity contribution in [1.29, 1.82) is 0 Å². The van der Waals surface area contributed by atoms with Gasteiger partial charge in [0.25, 0.3) is 0 Å². The quantitative estimate of drug-likeness (QED) is 0.382. The van der Waals surface area contributed by atoms with Gasteiger partial charge in [-0.25, -0.2) is 9.97 Å². The molecule has 1 aromatic carbocycles. The molecule has 0 bridgehead atoms. The molecule has 3 aromatic heterocycles. The molecule has 0 aliphatic heterocycles. The highest BCUT2D eigenvalue weighted by atomic mass is 19.4. The third-order valence-corrected chi connectivity index (χ3v) is 5.24. The highest BCUT2D eigenvalue weighted by molar-refractivity contribution is 5.72. The van der Waals surface area contributed by atoms with E-state index < -0.39 is 11.7 Å². The van der Waals surface area contributed by atoms with Crippen LogP contribution >= 0.6 is 0 Å². The minimum absolute atomic E-state index is 0.0179. The maximum atomic E-state index is 13.8. The number of imidazole rings is 1. The molecule has 0 unspecified atom stereocenters. The average molecular weight is 425 g/mol. The van der Waals surface area contributed by atoms with E-state index in [1.807, 2.05) is 24.3 Å². The van der Waals surface area contributed by atoms with Gasteiger partial charge in [0.15, 0.2) is 0 Å². The van der Waals surface area contributed by atoms with Crippen LogP contribution in [-0.2, 0) is 11.6 Å². The third kappa shape index (κ3) is 4.00. The molecule has 3 heterocycles. The van der Waals surface area contributed by atoms with Crippen LogP contribution in [0.2, 0.25) is 0 Å². The minimum atomic E-state index is -4.55. The number of nitrogens with zero attached hydrogens (tertiary/aromatic N) is 3. The Balaban J connectivity index is 1.90. The van der Waals surface area contributed by atoms with Gasteiger partial charge in [-0.15, -0.1) is 0 Å². The van der Waals surface area contributed by atoms with E-state index in [2.05, 4.69) is 30.7 Å². The monoisotopic (exact) mass is 425 g/mol. The van der Waals surface area contributed by atoms with Gasteiger partial charge in [-0.05, 0) is 23.1 Å². The van der Waals surface area contributed by atoms with Crippen molar-refractivity contribution in [2.45, 2.75) is 32.4 Å². The first kappa shape index (κ1) is 20.9. The van der Waals surface area contributed by atoms with Crippen molar-refractivity contribution in [2.75, 3.05) is 7.11 Å². The number of benzene rings is 1. The van der Waals surface area contributed by atoms with Crippen molar-refractivity contribution < 1.29 is 17.9 Å². The van der Waals surface area contributed by atoms with Crippen molar-refractivity contribution in [2.24, 2.45) is 0 Å². The predicted molar refractivity (Wildman–Crippen MR) is 114 cm³/mol. The van der Waals surface area contributed by atoms with Gasteiger partial charge in [-0.3, -0.25) is 4.40 Å². The normalized spacial score (nSPS) is 12.4. The Labute approximate surface area is 178 Å². The summed E-state index contributed by atoms with van der Waals surface area (Å²) in [5.74, 6) is 0.392. The number of rotatable bonds is 3. The van der Waals surface area contributed by atoms with Gasteiger partial charge in [0.05, 0.1) is 24.6 Å². The molecule has 31 heavy (non-hydrogen) atoms. The van der Waals surface area contributed by atoms with Crippen LogP contribution in [0.4, 0.5) is 13.2 Å². The molecule has 0 saturated carbocycles. The molecule has 7 heteroatoms. The molecular formula is C24H22F3N3O. The fourth-order valence-corrected chi connectivity index (χ4v) is 3.48. The lowest BCUT2D eigenvalue weighted by Gasteiger charge is -2.19. The standard InChI is InChI=1S/C24H22F3N3O/c1-23(2,3)18-8-5-15(6-9-18)20-13-29-22-19(24(25,26)27)11-17(14-30(20)22)16-7-10-21(31-4)28-12-16/h5-14H,1-4H3. The van der Waals surface area contributed by atoms with Gasteiger partial charge in [0.1, 0.15) is 5.65 Å². The summed E-state index contributed by atoms with van der Waals surface area (Å²) >= 11 is 0. The zero-order valence-corrected chi connectivity index (χ0v) is 17.7. The van der Waals surface area contributed by atoms with Crippen LogP contribution in [0.5, 0.6) is 5.88 Å². The summed E-state index contributed by atoms with van der Waals surface area (Å²) in [7, 11) is 1.48. The third-order valence-electron chi connectivity index (χ3n) is 5.24. The molecule has 4 aromatic rings. The Bertz CT molecular complexity index is 1220. The molecular weight excluding hydrogens is 403 g/mol. The summed E-state index contributed by atoms with van der Waals surface area (Å²) in [6.07, 6.45) is 0.0888. The van der Waals surface area contributed by atoms with Crippen molar-refractivity contribution in [3.8, 4) is 28.3 Å². The molecule has 0 spiro atoms. The van der Waals surface area contributed by atoms with E-state index in [-0.39, 0.29) is 11.1 Å². The van der Waals surface area contributed by atoms with Gasteiger partial charge < -0.3 is 4.74 Å². The molecule has 0 saturated heterocycles. The summed E-state index contributed by atoms with van der Waals surface area (Å²) in [6, 6.07) is 12.2. The molecule has 4 rings (SSSR count). The number of ether oxygens (including phenoxy) is 1. The molecule has 4 nitrogen and oxygen atoms in total. The summed E-state index contributed by atoms with van der Waals surface area (Å²) in [6.45, 7) is 6.34. The van der Waals surface area contributed by atoms with E-state index in [4.69, 9.17) is 4.74 Å². The summed E-state index contributed by atoms with van der Waals surface area (Å²) < 4.78 is 48.1. The Morgan fingerprint density at radius 1 is 0.839 bits per heavy atom. The second-order valence-corrected chi connectivity index (χ2v) is 8.39. The number of methoxy groups -OCH3 is 1. The van der Waals surface area contributed by atoms with Gasteiger partial charge in [0.2, 0.25) is 5.88 Å². The van der Waals surface area contributed by atoms with E-state index in [0.717, 1.165) is 17.2 Å². The molecule has 0 amide bonds. The lowest BCUT2D eigenvalue weighted by atomic mass is 9.86. The maximum Gasteiger partial charge on any atom is 0.420 e. The smallest absolute Gasteiger partial charge is 0.420 e. The zero-order valence-electron chi connectivity index (χ0n) is 17.7. The highest BCUT2D eigenvalue weighted by Gasteiger charge is 2.35. The summed E-state index contributed by atoms with van der Waals surface area (Å²) in [5.41, 5.74) is 2.52. The number of aromatic nitrogens is 3. The Morgan fingerprint density at radius 2 is 1.52 bits per heavy atom. The van der Waals surface area contributed by atoms with Crippen LogP contribution in [0.25, 0.3) is 28.0 Å². The fraction of sp³-hybridized carbons (Fsp3) is 0.250. The molecule has 0 aliphatic rings. The van der Waals surface area contributed by atoms with Crippen LogP contribution in [0, 0.1) is 0 Å². The van der Waals surface area contributed by atoms with Gasteiger partial charge in [-0.1, -0.05) is 45.0 Å². The first-order valence-electron chi connectivity index (χ1n) is 9.77. The van der Waals surface area contributed by atoms with Crippen molar-refractivity contribution in [1.82, 2.24) is 14.4 Å². The molecule has 160 valence electrons. The topological polar surface area (TPSA) is 39.4 Å².